The Morgan fingerprint density at radius 3 is 2.10 bits per heavy atom. The molecule has 0 unspecified atom stereocenters. The van der Waals surface area contributed by atoms with Gasteiger partial charge in [0.05, 0.1) is 32.2 Å². The number of anilines is 4. The molecule has 1 aliphatic heterocycles. The van der Waals surface area contributed by atoms with Crippen LogP contribution in [0.3, 0.4) is 0 Å². The summed E-state index contributed by atoms with van der Waals surface area (Å²) in [5.74, 6) is 0.733. The van der Waals surface area contributed by atoms with E-state index in [4.69, 9.17) is 32.2 Å². The standard InChI is InChI=1S/C65H60N4O/c1-42(2)35-46-24-31-53(44(4)36-46)54-32-27-48(37-45(54)5)56-19-14-18-55(47-25-28-49(29-26-47)65(6,7)8)64(56)68-41-67(60-21-11-12-22-61(60)68)50-15-13-16-51(38-50)70-52-30-33-58-57-17-9-10-20-59(57)69(62(58)39-52)63-34-23-43(3)40-66-63/h9-34,36-40,42H,35,41H2,1-8H3/i3D3,4D3,5D3,6D3,7D3,8D3,14D,18D,19D,35D2. The first kappa shape index (κ1) is 25.6. The predicted octanol–water partition coefficient (Wildman–Crippen LogP) is 17.6. The van der Waals surface area contributed by atoms with Gasteiger partial charge in [-0.05, 0) is 137 Å². The molecule has 0 aliphatic carbocycles. The van der Waals surface area contributed by atoms with Crippen LogP contribution in [0.5, 0.6) is 11.5 Å². The zero-order chi connectivity index (χ0) is 67.7. The number of aryl methyl sites for hydroxylation is 3. The van der Waals surface area contributed by atoms with Crippen LogP contribution in [0.1, 0.15) is 93.7 Å². The highest BCUT2D eigenvalue weighted by atomic mass is 16.5. The lowest BCUT2D eigenvalue weighted by molar-refractivity contribution is 0.483. The lowest BCUT2D eigenvalue weighted by Crippen LogP contribution is -2.25. The molecular weight excluding hydrogens is 853 g/mol. The molecule has 1 aliphatic rings. The van der Waals surface area contributed by atoms with Crippen molar-refractivity contribution in [3.05, 3.63) is 216 Å². The van der Waals surface area contributed by atoms with Gasteiger partial charge in [-0.25, -0.2) is 4.98 Å². The van der Waals surface area contributed by atoms with Gasteiger partial charge in [-0.1, -0.05) is 156 Å². The fraction of sp³-hybridized carbons (Fsp3) is 0.185. The highest BCUT2D eigenvalue weighted by molar-refractivity contribution is 6.09. The van der Waals surface area contributed by atoms with Gasteiger partial charge in [0.2, 0.25) is 0 Å². The van der Waals surface area contributed by atoms with Crippen LogP contribution < -0.4 is 14.5 Å². The smallest absolute Gasteiger partial charge is 0.137 e. The summed E-state index contributed by atoms with van der Waals surface area (Å²) in [5.41, 5.74) is -1.48. The van der Waals surface area contributed by atoms with E-state index in [1.54, 1.807) is 61.2 Å². The quantitative estimate of drug-likeness (QED) is 0.137. The van der Waals surface area contributed by atoms with Crippen LogP contribution in [-0.2, 0) is 11.8 Å². The highest BCUT2D eigenvalue weighted by Gasteiger charge is 2.32. The number of aromatic nitrogens is 2. The van der Waals surface area contributed by atoms with E-state index in [-0.39, 0.29) is 68.0 Å². The largest absolute Gasteiger partial charge is 0.457 e. The summed E-state index contributed by atoms with van der Waals surface area (Å²) >= 11 is 0. The number of para-hydroxylation sites is 4. The highest BCUT2D eigenvalue weighted by Crippen LogP contribution is 2.51. The third kappa shape index (κ3) is 8.30. The normalized spacial score (nSPS) is 18.8. The second kappa shape index (κ2) is 17.9. The first-order chi connectivity index (χ1) is 43.3. The van der Waals surface area contributed by atoms with Crippen LogP contribution in [0.2, 0.25) is 0 Å². The maximum Gasteiger partial charge on any atom is 0.137 e. The number of pyridine rings is 1. The molecule has 0 amide bonds. The van der Waals surface area contributed by atoms with E-state index in [2.05, 4.69) is 4.98 Å². The van der Waals surface area contributed by atoms with Gasteiger partial charge in [0, 0.05) is 73.3 Å². The van der Waals surface area contributed by atoms with E-state index in [1.165, 1.54) is 60.8 Å². The molecular formula is C65H60N4O. The van der Waals surface area contributed by atoms with Crippen LogP contribution in [0.15, 0.2) is 188 Å². The molecule has 5 heteroatoms. The number of hydrogen-bond acceptors (Lipinski definition) is 4. The van der Waals surface area contributed by atoms with Crippen LogP contribution in [0.4, 0.5) is 22.7 Å². The molecule has 3 heterocycles. The average Bonchev–Trinajstić information content (AvgIpc) is 1.04. The second-order valence-corrected chi connectivity index (χ2v) is 17.6. The van der Waals surface area contributed by atoms with Crippen molar-refractivity contribution in [1.82, 2.24) is 9.55 Å². The van der Waals surface area contributed by atoms with E-state index in [1.807, 2.05) is 64.1 Å². The molecule has 0 radical (unpaired) electrons. The van der Waals surface area contributed by atoms with Crippen molar-refractivity contribution < 1.29 is 36.3 Å². The van der Waals surface area contributed by atoms with E-state index in [0.29, 0.717) is 34.4 Å². The Morgan fingerprint density at radius 2 is 1.34 bits per heavy atom. The summed E-state index contributed by atoms with van der Waals surface area (Å²) < 4.78 is 207. The molecule has 10 aromatic rings. The SMILES string of the molecule is [2H]c1c([2H])c(-c2ccc(C(C([2H])([2H])[2H])(C([2H])([2H])[2H])C([2H])([2H])[2H])cc2)c(N2CN(c3cccc(Oc4ccc5c6ccccc6n(-c6ccc(C([2H])([2H])[2H])cn6)c5c4)c3)c3ccccc32)c(-c2ccc(-c3ccc(C([2H])([2H])C(C)C)cc3C([2H])([2H])[2H])c(C([2H])([2H])[2H])c2)c1[2H]. The van der Waals surface area contributed by atoms with Crippen molar-refractivity contribution in [2.75, 3.05) is 16.5 Å². The van der Waals surface area contributed by atoms with Gasteiger partial charge < -0.3 is 14.5 Å². The van der Waals surface area contributed by atoms with E-state index >= 15 is 0 Å². The van der Waals surface area contributed by atoms with Crippen molar-refractivity contribution in [2.24, 2.45) is 5.92 Å². The number of nitrogens with zero attached hydrogens (tertiary/aromatic N) is 4. The molecule has 0 spiro atoms. The fourth-order valence-corrected chi connectivity index (χ4v) is 9.37. The number of rotatable bonds is 10. The summed E-state index contributed by atoms with van der Waals surface area (Å²) in [5, 5.41) is 1.80. The van der Waals surface area contributed by atoms with E-state index < -0.39 is 82.5 Å². The summed E-state index contributed by atoms with van der Waals surface area (Å²) in [6.07, 6.45) is -0.639. The third-order valence-electron chi connectivity index (χ3n) is 12.5. The Balaban J connectivity index is 1.09. The molecule has 0 saturated heterocycles. The minimum absolute atomic E-state index is 0.0237. The van der Waals surface area contributed by atoms with Crippen molar-refractivity contribution in [3.63, 3.8) is 0 Å². The Morgan fingerprint density at radius 1 is 0.629 bits per heavy atom. The Hall–Kier alpha value is -7.89. The summed E-state index contributed by atoms with van der Waals surface area (Å²) in [6.45, 7) is -15.9. The molecule has 70 heavy (non-hydrogen) atoms. The molecule has 8 aromatic carbocycles. The van der Waals surface area contributed by atoms with Gasteiger partial charge in [-0.3, -0.25) is 4.57 Å². The number of fused-ring (bicyclic) bond motifs is 4. The average molecular weight is 936 g/mol. The monoisotopic (exact) mass is 936 g/mol. The number of hydrogen-bond donors (Lipinski definition) is 0. The summed E-state index contributed by atoms with van der Waals surface area (Å²) in [4.78, 5) is 8.22. The molecule has 346 valence electrons. The Bertz CT molecular complexity index is 4500. The van der Waals surface area contributed by atoms with Gasteiger partial charge in [-0.2, -0.15) is 0 Å². The van der Waals surface area contributed by atoms with Crippen LogP contribution >= 0.6 is 0 Å². The molecule has 11 rings (SSSR count). The Labute approximate surface area is 445 Å². The fourth-order valence-electron chi connectivity index (χ4n) is 9.37. The maximum absolute atomic E-state index is 9.82. The van der Waals surface area contributed by atoms with Crippen molar-refractivity contribution >= 4 is 44.6 Å². The second-order valence-electron chi connectivity index (χ2n) is 17.6. The maximum atomic E-state index is 9.82. The first-order valence-corrected chi connectivity index (χ1v) is 22.7. The van der Waals surface area contributed by atoms with Gasteiger partial charge in [-0.15, -0.1) is 0 Å². The molecule has 0 bridgehead atoms. The molecule has 0 fully saturated rings. The van der Waals surface area contributed by atoms with Crippen molar-refractivity contribution in [3.8, 4) is 50.7 Å². The van der Waals surface area contributed by atoms with Crippen LogP contribution in [-0.4, -0.2) is 16.2 Å². The lowest BCUT2D eigenvalue weighted by atomic mass is 9.85. The van der Waals surface area contributed by atoms with E-state index in [0.717, 1.165) is 33.9 Å². The van der Waals surface area contributed by atoms with Gasteiger partial charge in [0.1, 0.15) is 24.0 Å². The van der Waals surface area contributed by atoms with Crippen molar-refractivity contribution in [2.45, 2.75) is 66.7 Å². The number of benzene rings is 8. The zero-order valence-corrected chi connectivity index (χ0v) is 38.1. The minimum Gasteiger partial charge on any atom is -0.457 e. The summed E-state index contributed by atoms with van der Waals surface area (Å²) in [7, 11) is 0. The van der Waals surface area contributed by atoms with Crippen molar-refractivity contribution in [1.29, 1.82) is 0 Å². The zero-order valence-electron chi connectivity index (χ0n) is 61.1. The summed E-state index contributed by atoms with van der Waals surface area (Å²) in [6, 6.07) is 41.8. The first-order valence-electron chi connectivity index (χ1n) is 34.2. The molecule has 5 nitrogen and oxygen atoms in total. The third-order valence-corrected chi connectivity index (χ3v) is 12.5. The molecule has 2 aromatic heterocycles. The minimum atomic E-state index is -3.62. The number of ether oxygens (including phenoxy) is 1. The predicted molar refractivity (Wildman–Crippen MR) is 295 cm³/mol. The van der Waals surface area contributed by atoms with Gasteiger partial charge in [0.25, 0.3) is 0 Å². The van der Waals surface area contributed by atoms with Gasteiger partial charge in [0.15, 0.2) is 0 Å². The molecule has 0 saturated carbocycles. The molecule has 0 atom stereocenters. The van der Waals surface area contributed by atoms with Gasteiger partial charge >= 0.3 is 0 Å². The lowest BCUT2D eigenvalue weighted by Gasteiger charge is -2.28. The molecule has 0 N–H and O–H groups in total. The Kier molecular flexibility index (Phi) is 6.55. The van der Waals surface area contributed by atoms with E-state index in [9.17, 15) is 4.11 Å². The topological polar surface area (TPSA) is 33.5 Å². The van der Waals surface area contributed by atoms with Crippen LogP contribution in [0.25, 0.3) is 61.0 Å². The van der Waals surface area contributed by atoms with Crippen LogP contribution in [0, 0.1) is 26.5 Å².